The summed E-state index contributed by atoms with van der Waals surface area (Å²) in [6, 6.07) is 7.71. The van der Waals surface area contributed by atoms with Crippen LogP contribution >= 0.6 is 11.6 Å². The van der Waals surface area contributed by atoms with E-state index in [1.165, 1.54) is 0 Å². The first-order chi connectivity index (χ1) is 9.17. The molecule has 1 aromatic carbocycles. The van der Waals surface area contributed by atoms with Crippen molar-refractivity contribution in [3.63, 3.8) is 0 Å². The van der Waals surface area contributed by atoms with Crippen LogP contribution in [0.5, 0.6) is 5.75 Å². The minimum absolute atomic E-state index is 0.0747. The number of benzene rings is 1. The summed E-state index contributed by atoms with van der Waals surface area (Å²) in [6.45, 7) is 2.09. The number of hydrogen-bond acceptors (Lipinski definition) is 2. The van der Waals surface area contributed by atoms with E-state index in [-0.39, 0.29) is 11.2 Å². The van der Waals surface area contributed by atoms with Gasteiger partial charge in [0.15, 0.2) is 5.78 Å². The second-order valence-corrected chi connectivity index (χ2v) is 5.35. The SMILES string of the molecule is CCC1CCC(=Cc2ccccc2OC)C(=O)C1Cl. The molecule has 3 heteroatoms. The standard InChI is InChI=1S/C16H19ClO2/c1-3-11-8-9-13(16(18)15(11)17)10-12-6-4-5-7-14(12)19-2/h4-7,10-11,15H,3,8-9H2,1-2H3. The lowest BCUT2D eigenvalue weighted by Gasteiger charge is -2.26. The average molecular weight is 279 g/mol. The number of alkyl halides is 1. The third-order valence-corrected chi connectivity index (χ3v) is 4.31. The number of methoxy groups -OCH3 is 1. The Morgan fingerprint density at radius 1 is 1.42 bits per heavy atom. The summed E-state index contributed by atoms with van der Waals surface area (Å²) in [5, 5.41) is -0.375. The number of para-hydroxylation sites is 1. The highest BCUT2D eigenvalue weighted by Gasteiger charge is 2.32. The van der Waals surface area contributed by atoms with Crippen molar-refractivity contribution in [1.29, 1.82) is 0 Å². The molecule has 0 N–H and O–H groups in total. The Bertz CT molecular complexity index is 493. The first kappa shape index (κ1) is 14.1. The zero-order valence-corrected chi connectivity index (χ0v) is 12.1. The van der Waals surface area contributed by atoms with Crippen molar-refractivity contribution < 1.29 is 9.53 Å². The summed E-state index contributed by atoms with van der Waals surface area (Å²) in [5.41, 5.74) is 1.75. The van der Waals surface area contributed by atoms with E-state index in [1.54, 1.807) is 7.11 Å². The summed E-state index contributed by atoms with van der Waals surface area (Å²) < 4.78 is 5.30. The fraction of sp³-hybridized carbons (Fsp3) is 0.438. The van der Waals surface area contributed by atoms with Crippen molar-refractivity contribution in [2.24, 2.45) is 5.92 Å². The van der Waals surface area contributed by atoms with Gasteiger partial charge in [0.1, 0.15) is 5.75 Å². The van der Waals surface area contributed by atoms with Crippen LogP contribution in [0.2, 0.25) is 0 Å². The predicted molar refractivity (Wildman–Crippen MR) is 78.6 cm³/mol. The minimum atomic E-state index is -0.375. The van der Waals surface area contributed by atoms with Gasteiger partial charge in [-0.3, -0.25) is 4.79 Å². The monoisotopic (exact) mass is 278 g/mol. The third kappa shape index (κ3) is 3.01. The number of rotatable bonds is 3. The lowest BCUT2D eigenvalue weighted by Crippen LogP contribution is -2.30. The second-order valence-electron chi connectivity index (χ2n) is 4.88. The van der Waals surface area contributed by atoms with Crippen LogP contribution in [0, 0.1) is 5.92 Å². The van der Waals surface area contributed by atoms with Gasteiger partial charge in [0.25, 0.3) is 0 Å². The molecule has 1 fully saturated rings. The van der Waals surface area contributed by atoms with Gasteiger partial charge in [-0.25, -0.2) is 0 Å². The van der Waals surface area contributed by atoms with Crippen molar-refractivity contribution in [2.45, 2.75) is 31.6 Å². The van der Waals surface area contributed by atoms with Gasteiger partial charge in [-0.2, -0.15) is 0 Å². The molecule has 19 heavy (non-hydrogen) atoms. The molecule has 0 bridgehead atoms. The van der Waals surface area contributed by atoms with Crippen LogP contribution < -0.4 is 4.74 Å². The summed E-state index contributed by atoms with van der Waals surface area (Å²) in [6.07, 6.45) is 4.67. The van der Waals surface area contributed by atoms with E-state index in [2.05, 4.69) is 6.92 Å². The maximum Gasteiger partial charge on any atom is 0.176 e. The minimum Gasteiger partial charge on any atom is -0.496 e. The number of ketones is 1. The fourth-order valence-electron chi connectivity index (χ4n) is 2.53. The van der Waals surface area contributed by atoms with Crippen LogP contribution in [0.15, 0.2) is 29.8 Å². The van der Waals surface area contributed by atoms with Gasteiger partial charge < -0.3 is 4.74 Å². The van der Waals surface area contributed by atoms with Crippen LogP contribution in [-0.4, -0.2) is 18.3 Å². The van der Waals surface area contributed by atoms with Gasteiger partial charge in [-0.1, -0.05) is 31.5 Å². The largest absolute Gasteiger partial charge is 0.496 e. The van der Waals surface area contributed by atoms with E-state index in [0.29, 0.717) is 5.92 Å². The molecule has 0 aliphatic heterocycles. The highest BCUT2D eigenvalue weighted by molar-refractivity contribution is 6.34. The van der Waals surface area contributed by atoms with Crippen molar-refractivity contribution in [3.8, 4) is 5.75 Å². The van der Waals surface area contributed by atoms with Gasteiger partial charge in [-0.15, -0.1) is 11.6 Å². The van der Waals surface area contributed by atoms with Gasteiger partial charge in [-0.05, 0) is 36.5 Å². The van der Waals surface area contributed by atoms with Gasteiger partial charge in [0.05, 0.1) is 12.5 Å². The summed E-state index contributed by atoms with van der Waals surface area (Å²) in [5.74, 6) is 1.17. The molecule has 2 rings (SSSR count). The van der Waals surface area contributed by atoms with Crippen molar-refractivity contribution in [1.82, 2.24) is 0 Å². The number of allylic oxidation sites excluding steroid dienone is 1. The number of ether oxygens (including phenoxy) is 1. The molecule has 1 aliphatic rings. The van der Waals surface area contributed by atoms with Crippen LogP contribution in [0.1, 0.15) is 31.7 Å². The highest BCUT2D eigenvalue weighted by atomic mass is 35.5. The molecule has 0 aromatic heterocycles. The molecule has 0 saturated heterocycles. The van der Waals surface area contributed by atoms with Gasteiger partial charge >= 0.3 is 0 Å². The Labute approximate surface area is 119 Å². The second kappa shape index (κ2) is 6.25. The molecule has 1 aliphatic carbocycles. The number of carbonyl (C=O) groups excluding carboxylic acids is 1. The summed E-state index contributed by atoms with van der Waals surface area (Å²) >= 11 is 6.25. The van der Waals surface area contributed by atoms with Gasteiger partial charge in [0, 0.05) is 5.56 Å². The topological polar surface area (TPSA) is 26.3 Å². The molecule has 102 valence electrons. The van der Waals surface area contributed by atoms with Crippen molar-refractivity contribution >= 4 is 23.5 Å². The number of carbonyl (C=O) groups is 1. The van der Waals surface area contributed by atoms with Crippen molar-refractivity contribution in [2.75, 3.05) is 7.11 Å². The number of halogens is 1. The van der Waals surface area contributed by atoms with E-state index in [0.717, 1.165) is 36.1 Å². The Balaban J connectivity index is 2.27. The van der Waals surface area contributed by atoms with E-state index in [9.17, 15) is 4.79 Å². The molecule has 1 saturated carbocycles. The summed E-state index contributed by atoms with van der Waals surface area (Å²) in [7, 11) is 1.64. The first-order valence-electron chi connectivity index (χ1n) is 6.69. The number of hydrogen-bond donors (Lipinski definition) is 0. The van der Waals surface area contributed by atoms with E-state index in [1.807, 2.05) is 30.3 Å². The highest BCUT2D eigenvalue weighted by Crippen LogP contribution is 2.33. The Morgan fingerprint density at radius 3 is 2.84 bits per heavy atom. The molecule has 2 nitrogen and oxygen atoms in total. The average Bonchev–Trinajstić information content (AvgIpc) is 2.45. The van der Waals surface area contributed by atoms with Crippen LogP contribution in [0.25, 0.3) is 6.08 Å². The smallest absolute Gasteiger partial charge is 0.176 e. The lowest BCUT2D eigenvalue weighted by atomic mass is 9.82. The maximum atomic E-state index is 12.3. The Kier molecular flexibility index (Phi) is 4.65. The van der Waals surface area contributed by atoms with E-state index in [4.69, 9.17) is 16.3 Å². The molecule has 2 atom stereocenters. The molecule has 2 unspecified atom stereocenters. The summed E-state index contributed by atoms with van der Waals surface area (Å²) in [4.78, 5) is 12.3. The van der Waals surface area contributed by atoms with E-state index >= 15 is 0 Å². The van der Waals surface area contributed by atoms with Crippen LogP contribution in [0.4, 0.5) is 0 Å². The van der Waals surface area contributed by atoms with Crippen molar-refractivity contribution in [3.05, 3.63) is 35.4 Å². The lowest BCUT2D eigenvalue weighted by molar-refractivity contribution is -0.117. The molecule has 0 spiro atoms. The normalized spacial score (nSPS) is 25.6. The molecule has 0 heterocycles. The zero-order chi connectivity index (χ0) is 13.8. The number of Topliss-reactive ketones (excluding diaryl/α,β-unsaturated/α-hetero) is 1. The molecule has 1 aromatic rings. The fourth-order valence-corrected chi connectivity index (χ4v) is 2.97. The third-order valence-electron chi connectivity index (χ3n) is 3.76. The Hall–Kier alpha value is -1.28. The first-order valence-corrected chi connectivity index (χ1v) is 7.13. The van der Waals surface area contributed by atoms with Crippen LogP contribution in [0.3, 0.4) is 0 Å². The van der Waals surface area contributed by atoms with Gasteiger partial charge in [0.2, 0.25) is 0 Å². The molecule has 0 radical (unpaired) electrons. The zero-order valence-electron chi connectivity index (χ0n) is 11.4. The molecule has 0 amide bonds. The molecular weight excluding hydrogens is 260 g/mol. The predicted octanol–water partition coefficient (Wildman–Crippen LogP) is 4.08. The van der Waals surface area contributed by atoms with Crippen LogP contribution in [-0.2, 0) is 4.79 Å². The molecular formula is C16H19ClO2. The van der Waals surface area contributed by atoms with E-state index < -0.39 is 0 Å². The quantitative estimate of drug-likeness (QED) is 0.615. The maximum absolute atomic E-state index is 12.3. The Morgan fingerprint density at radius 2 is 2.16 bits per heavy atom.